The molecule has 0 fully saturated rings. The number of aryl methyl sites for hydroxylation is 1. The first-order valence-corrected chi connectivity index (χ1v) is 6.13. The van der Waals surface area contributed by atoms with E-state index in [0.29, 0.717) is 5.92 Å². The molecule has 0 unspecified atom stereocenters. The third-order valence-corrected chi connectivity index (χ3v) is 3.51. The maximum Gasteiger partial charge on any atom is 0.0367 e. The molecule has 0 N–H and O–H groups in total. The first-order chi connectivity index (χ1) is 7.59. The first kappa shape index (κ1) is 11.3. The van der Waals surface area contributed by atoms with Crippen LogP contribution in [0.5, 0.6) is 0 Å². The van der Waals surface area contributed by atoms with Gasteiger partial charge in [-0.3, -0.25) is 0 Å². The molecular weight excluding hydrogens is 194 g/mol. The van der Waals surface area contributed by atoms with E-state index in [2.05, 4.69) is 50.6 Å². The topological polar surface area (TPSA) is 3.24 Å². The van der Waals surface area contributed by atoms with Crippen LogP contribution in [0.4, 0.5) is 0 Å². The zero-order valence-electron chi connectivity index (χ0n) is 10.6. The lowest BCUT2D eigenvalue weighted by molar-refractivity contribution is 0.476. The molecule has 16 heavy (non-hydrogen) atoms. The molecule has 0 saturated heterocycles. The Kier molecular flexibility index (Phi) is 3.04. The Bertz CT molecular complexity index is 404. The smallest absolute Gasteiger partial charge is 0.0367 e. The fourth-order valence-electron chi connectivity index (χ4n) is 2.29. The molecule has 2 rings (SSSR count). The summed E-state index contributed by atoms with van der Waals surface area (Å²) in [7, 11) is 2.14. The third-order valence-electron chi connectivity index (χ3n) is 3.51. The molecule has 0 aromatic heterocycles. The second kappa shape index (κ2) is 4.32. The van der Waals surface area contributed by atoms with Crippen molar-refractivity contribution in [1.82, 2.24) is 4.90 Å². The van der Waals surface area contributed by atoms with Crippen molar-refractivity contribution in [2.75, 3.05) is 13.6 Å². The largest absolute Gasteiger partial charge is 0.375 e. The van der Waals surface area contributed by atoms with Gasteiger partial charge in [-0.1, -0.05) is 32.6 Å². The number of benzene rings is 1. The molecule has 0 atom stereocenters. The summed E-state index contributed by atoms with van der Waals surface area (Å²) in [5.74, 6) is 0.589. The molecule has 1 aromatic rings. The van der Waals surface area contributed by atoms with E-state index in [1.807, 2.05) is 0 Å². The lowest BCUT2D eigenvalue weighted by Gasteiger charge is -2.20. The number of rotatable bonds is 1. The van der Waals surface area contributed by atoms with Gasteiger partial charge in [-0.2, -0.15) is 0 Å². The Morgan fingerprint density at radius 3 is 2.75 bits per heavy atom. The van der Waals surface area contributed by atoms with Crippen molar-refractivity contribution in [3.63, 3.8) is 0 Å². The highest BCUT2D eigenvalue weighted by atomic mass is 15.1. The standard InChI is InChI=1S/C15H21N/c1-11(2)14-8-7-13-6-5-9-16(4)12(3)15(13)10-14/h7-8,10-11H,3,5-6,9H2,1-2,4H3. The van der Waals surface area contributed by atoms with Gasteiger partial charge >= 0.3 is 0 Å². The SMILES string of the molecule is C=C1c2cc(C(C)C)ccc2CCCN1C. The summed E-state index contributed by atoms with van der Waals surface area (Å²) < 4.78 is 0. The second-order valence-electron chi connectivity index (χ2n) is 5.04. The van der Waals surface area contributed by atoms with Gasteiger partial charge in [-0.05, 0) is 36.0 Å². The summed E-state index contributed by atoms with van der Waals surface area (Å²) in [5.41, 5.74) is 5.40. The van der Waals surface area contributed by atoms with Crippen LogP contribution in [0.25, 0.3) is 5.70 Å². The minimum absolute atomic E-state index is 0.589. The quantitative estimate of drug-likeness (QED) is 0.691. The third kappa shape index (κ3) is 1.99. The minimum Gasteiger partial charge on any atom is -0.375 e. The van der Waals surface area contributed by atoms with Crippen LogP contribution >= 0.6 is 0 Å². The van der Waals surface area contributed by atoms with E-state index < -0.39 is 0 Å². The number of fused-ring (bicyclic) bond motifs is 1. The lowest BCUT2D eigenvalue weighted by atomic mass is 9.95. The average molecular weight is 215 g/mol. The van der Waals surface area contributed by atoms with E-state index in [4.69, 9.17) is 0 Å². The van der Waals surface area contributed by atoms with E-state index in [0.717, 1.165) is 6.54 Å². The Morgan fingerprint density at radius 2 is 2.06 bits per heavy atom. The van der Waals surface area contributed by atoms with Gasteiger partial charge in [0.2, 0.25) is 0 Å². The Balaban J connectivity index is 2.46. The lowest BCUT2D eigenvalue weighted by Crippen LogP contribution is -2.15. The van der Waals surface area contributed by atoms with Crippen molar-refractivity contribution in [2.24, 2.45) is 0 Å². The van der Waals surface area contributed by atoms with Crippen molar-refractivity contribution in [3.05, 3.63) is 41.5 Å². The van der Waals surface area contributed by atoms with Crippen LogP contribution in [-0.2, 0) is 6.42 Å². The van der Waals surface area contributed by atoms with E-state index in [1.54, 1.807) is 0 Å². The van der Waals surface area contributed by atoms with Crippen LogP contribution in [-0.4, -0.2) is 18.5 Å². The van der Waals surface area contributed by atoms with Crippen LogP contribution in [0.2, 0.25) is 0 Å². The molecule has 1 heteroatoms. The average Bonchev–Trinajstić information content (AvgIpc) is 2.40. The monoisotopic (exact) mass is 215 g/mol. The van der Waals surface area contributed by atoms with Crippen molar-refractivity contribution >= 4 is 5.70 Å². The molecule has 1 aliphatic heterocycles. The normalized spacial score (nSPS) is 16.2. The van der Waals surface area contributed by atoms with Gasteiger partial charge in [0.05, 0.1) is 0 Å². The molecule has 1 nitrogen and oxygen atoms in total. The van der Waals surface area contributed by atoms with Gasteiger partial charge in [-0.15, -0.1) is 0 Å². The van der Waals surface area contributed by atoms with Crippen LogP contribution in [0.1, 0.15) is 42.9 Å². The molecule has 0 bridgehead atoms. The minimum atomic E-state index is 0.589. The summed E-state index contributed by atoms with van der Waals surface area (Å²) in [4.78, 5) is 2.27. The van der Waals surface area contributed by atoms with Gasteiger partial charge in [0, 0.05) is 24.9 Å². The fraction of sp³-hybridized carbons (Fsp3) is 0.467. The van der Waals surface area contributed by atoms with Crippen molar-refractivity contribution in [3.8, 4) is 0 Å². The predicted octanol–water partition coefficient (Wildman–Crippen LogP) is 3.66. The van der Waals surface area contributed by atoms with Gasteiger partial charge in [0.15, 0.2) is 0 Å². The van der Waals surface area contributed by atoms with Gasteiger partial charge in [0.1, 0.15) is 0 Å². The number of hydrogen-bond acceptors (Lipinski definition) is 1. The highest BCUT2D eigenvalue weighted by Gasteiger charge is 2.15. The summed E-state index contributed by atoms with van der Waals surface area (Å²) in [5, 5.41) is 0. The Labute approximate surface area is 98.8 Å². The van der Waals surface area contributed by atoms with Crippen LogP contribution in [0.3, 0.4) is 0 Å². The van der Waals surface area contributed by atoms with Gasteiger partial charge in [0.25, 0.3) is 0 Å². The summed E-state index contributed by atoms with van der Waals surface area (Å²) >= 11 is 0. The Morgan fingerprint density at radius 1 is 1.31 bits per heavy atom. The molecule has 1 aliphatic rings. The highest BCUT2D eigenvalue weighted by Crippen LogP contribution is 2.28. The van der Waals surface area contributed by atoms with Crippen LogP contribution in [0, 0.1) is 0 Å². The van der Waals surface area contributed by atoms with Gasteiger partial charge < -0.3 is 4.90 Å². The fourth-order valence-corrected chi connectivity index (χ4v) is 2.29. The second-order valence-corrected chi connectivity index (χ2v) is 5.04. The van der Waals surface area contributed by atoms with Crippen molar-refractivity contribution in [1.29, 1.82) is 0 Å². The number of nitrogens with zero attached hydrogens (tertiary/aromatic N) is 1. The molecule has 0 saturated carbocycles. The van der Waals surface area contributed by atoms with E-state index in [9.17, 15) is 0 Å². The van der Waals surface area contributed by atoms with E-state index in [-0.39, 0.29) is 0 Å². The zero-order valence-corrected chi connectivity index (χ0v) is 10.6. The highest BCUT2D eigenvalue weighted by molar-refractivity contribution is 5.66. The van der Waals surface area contributed by atoms with Crippen LogP contribution in [0.15, 0.2) is 24.8 Å². The predicted molar refractivity (Wildman–Crippen MR) is 70.5 cm³/mol. The summed E-state index contributed by atoms with van der Waals surface area (Å²) in [6, 6.07) is 6.88. The molecule has 0 aliphatic carbocycles. The molecule has 0 spiro atoms. The van der Waals surface area contributed by atoms with Crippen LogP contribution < -0.4 is 0 Å². The molecule has 86 valence electrons. The molecular formula is C15H21N. The maximum atomic E-state index is 4.22. The van der Waals surface area contributed by atoms with Crippen molar-refractivity contribution in [2.45, 2.75) is 32.6 Å². The summed E-state index contributed by atoms with van der Waals surface area (Å²) in [6.45, 7) is 9.82. The van der Waals surface area contributed by atoms with E-state index >= 15 is 0 Å². The maximum absolute atomic E-state index is 4.22. The first-order valence-electron chi connectivity index (χ1n) is 6.13. The molecule has 0 radical (unpaired) electrons. The van der Waals surface area contributed by atoms with Gasteiger partial charge in [-0.25, -0.2) is 0 Å². The molecule has 0 amide bonds. The van der Waals surface area contributed by atoms with Crippen molar-refractivity contribution < 1.29 is 0 Å². The number of hydrogen-bond donors (Lipinski definition) is 0. The molecule has 1 aromatic carbocycles. The molecule has 1 heterocycles. The summed E-state index contributed by atoms with van der Waals surface area (Å²) in [6.07, 6.45) is 2.40. The zero-order chi connectivity index (χ0) is 11.7. The van der Waals surface area contributed by atoms with E-state index in [1.165, 1.54) is 35.2 Å². The Hall–Kier alpha value is -1.24.